The Morgan fingerprint density at radius 2 is 1.86 bits per heavy atom. The first-order valence-electron chi connectivity index (χ1n) is 6.28. The van der Waals surface area contributed by atoms with Gasteiger partial charge < -0.3 is 4.98 Å². The van der Waals surface area contributed by atoms with E-state index in [1.54, 1.807) is 12.3 Å². The van der Waals surface area contributed by atoms with Crippen LogP contribution < -0.4 is 0 Å². The zero-order valence-corrected chi connectivity index (χ0v) is 12.2. The van der Waals surface area contributed by atoms with E-state index in [0.717, 1.165) is 22.0 Å². The third-order valence-electron chi connectivity index (χ3n) is 3.28. The van der Waals surface area contributed by atoms with Crippen LogP contribution in [-0.4, -0.2) is 19.9 Å². The smallest absolute Gasteiger partial charge is 0.179 e. The summed E-state index contributed by atoms with van der Waals surface area (Å²) in [6.45, 7) is 0. The largest absolute Gasteiger partial charge is 0.335 e. The van der Waals surface area contributed by atoms with Crippen LogP contribution in [0.1, 0.15) is 0 Å². The Hall–Kier alpha value is -2.17. The van der Waals surface area contributed by atoms with Crippen LogP contribution in [-0.2, 0) is 0 Å². The first kappa shape index (κ1) is 12.6. The lowest BCUT2D eigenvalue weighted by Gasteiger charge is -2.01. The second-order valence-corrected chi connectivity index (χ2v) is 5.36. The number of rotatable bonds is 1. The number of imidazole rings is 1. The Kier molecular flexibility index (Phi) is 2.80. The number of nitrogens with zero attached hydrogens (tertiary/aromatic N) is 3. The molecule has 3 aromatic heterocycles. The van der Waals surface area contributed by atoms with Crippen molar-refractivity contribution in [2.45, 2.75) is 0 Å². The van der Waals surface area contributed by atoms with E-state index in [0.29, 0.717) is 16.5 Å². The van der Waals surface area contributed by atoms with Gasteiger partial charge in [-0.05, 0) is 17.5 Å². The lowest BCUT2D eigenvalue weighted by Crippen LogP contribution is -1.87. The van der Waals surface area contributed by atoms with Crippen LogP contribution in [0.25, 0.3) is 33.5 Å². The monoisotopic (exact) mass is 314 g/mol. The molecule has 0 aliphatic carbocycles. The van der Waals surface area contributed by atoms with Crippen LogP contribution in [0, 0.1) is 0 Å². The molecular formula is C15H8Cl2N4. The van der Waals surface area contributed by atoms with Crippen molar-refractivity contribution in [2.75, 3.05) is 0 Å². The van der Waals surface area contributed by atoms with Gasteiger partial charge in [0.25, 0.3) is 0 Å². The molecule has 0 saturated heterocycles. The summed E-state index contributed by atoms with van der Waals surface area (Å²) >= 11 is 11.9. The summed E-state index contributed by atoms with van der Waals surface area (Å²) in [5, 5.41) is 2.77. The maximum Gasteiger partial charge on any atom is 0.179 e. The van der Waals surface area contributed by atoms with Crippen molar-refractivity contribution in [3.63, 3.8) is 0 Å². The molecule has 0 bridgehead atoms. The third-order valence-corrected chi connectivity index (χ3v) is 3.95. The number of nitrogens with one attached hydrogen (secondary N) is 1. The summed E-state index contributed by atoms with van der Waals surface area (Å²) in [6, 6.07) is 11.7. The Bertz CT molecular complexity index is 934. The minimum atomic E-state index is 0.244. The second-order valence-electron chi connectivity index (χ2n) is 4.60. The fourth-order valence-corrected chi connectivity index (χ4v) is 2.60. The number of aromatic amines is 1. The van der Waals surface area contributed by atoms with Crippen LogP contribution in [0.15, 0.2) is 42.6 Å². The standard InChI is InChI=1S/C15H8Cl2N4/c16-10-7-11-14(20-13(10)17)21-15(19-11)12-9-4-2-1-3-8(9)5-6-18-12/h1-7H,(H,19,20,21). The number of H-pyrrole nitrogens is 1. The first-order chi connectivity index (χ1) is 10.2. The van der Waals surface area contributed by atoms with Gasteiger partial charge in [-0.1, -0.05) is 47.5 Å². The number of halogens is 2. The van der Waals surface area contributed by atoms with E-state index in [2.05, 4.69) is 19.9 Å². The molecule has 0 fully saturated rings. The minimum absolute atomic E-state index is 0.244. The average molecular weight is 315 g/mol. The number of fused-ring (bicyclic) bond motifs is 2. The maximum atomic E-state index is 5.98. The first-order valence-corrected chi connectivity index (χ1v) is 7.04. The van der Waals surface area contributed by atoms with E-state index < -0.39 is 0 Å². The number of hydrogen-bond donors (Lipinski definition) is 1. The highest BCUT2D eigenvalue weighted by molar-refractivity contribution is 6.41. The molecule has 0 aliphatic rings. The molecule has 21 heavy (non-hydrogen) atoms. The lowest BCUT2D eigenvalue weighted by molar-refractivity contribution is 1.25. The number of hydrogen-bond acceptors (Lipinski definition) is 3. The third kappa shape index (κ3) is 2.04. The van der Waals surface area contributed by atoms with E-state index in [4.69, 9.17) is 23.2 Å². The molecule has 102 valence electrons. The zero-order chi connectivity index (χ0) is 14.4. The molecule has 0 spiro atoms. The molecule has 3 heterocycles. The van der Waals surface area contributed by atoms with Crippen molar-refractivity contribution in [1.29, 1.82) is 0 Å². The van der Waals surface area contributed by atoms with Gasteiger partial charge in [0.05, 0.1) is 10.5 Å². The van der Waals surface area contributed by atoms with Gasteiger partial charge in [-0.25, -0.2) is 9.97 Å². The summed E-state index contributed by atoms with van der Waals surface area (Å²) in [5.74, 6) is 0.646. The molecule has 4 nitrogen and oxygen atoms in total. The molecule has 1 N–H and O–H groups in total. The summed E-state index contributed by atoms with van der Waals surface area (Å²) in [6.07, 6.45) is 1.76. The molecule has 0 amide bonds. The number of pyridine rings is 2. The normalized spacial score (nSPS) is 11.3. The highest BCUT2D eigenvalue weighted by Crippen LogP contribution is 2.28. The van der Waals surface area contributed by atoms with Gasteiger partial charge in [0, 0.05) is 11.6 Å². The molecule has 0 atom stereocenters. The predicted molar refractivity (Wildman–Crippen MR) is 84.6 cm³/mol. The van der Waals surface area contributed by atoms with Gasteiger partial charge >= 0.3 is 0 Å². The lowest BCUT2D eigenvalue weighted by atomic mass is 10.1. The Labute approximate surface area is 129 Å². The van der Waals surface area contributed by atoms with Crippen LogP contribution in [0.2, 0.25) is 10.2 Å². The molecule has 1 aromatic carbocycles. The second kappa shape index (κ2) is 4.69. The van der Waals surface area contributed by atoms with Crippen molar-refractivity contribution in [2.24, 2.45) is 0 Å². The van der Waals surface area contributed by atoms with Crippen molar-refractivity contribution in [3.8, 4) is 11.5 Å². The summed E-state index contributed by atoms with van der Waals surface area (Å²) in [5.41, 5.74) is 2.03. The van der Waals surface area contributed by atoms with Crippen LogP contribution >= 0.6 is 23.2 Å². The van der Waals surface area contributed by atoms with E-state index >= 15 is 0 Å². The molecule has 0 radical (unpaired) electrons. The van der Waals surface area contributed by atoms with Crippen LogP contribution in [0.3, 0.4) is 0 Å². The SMILES string of the molecule is Clc1cc2[nH]c(-c3nccc4ccccc34)nc2nc1Cl. The Morgan fingerprint density at radius 1 is 1.00 bits per heavy atom. The molecule has 0 unspecified atom stereocenters. The van der Waals surface area contributed by atoms with E-state index in [1.165, 1.54) is 0 Å². The molecular weight excluding hydrogens is 307 g/mol. The van der Waals surface area contributed by atoms with Crippen molar-refractivity contribution < 1.29 is 0 Å². The number of aromatic nitrogens is 4. The summed E-state index contributed by atoms with van der Waals surface area (Å²) in [7, 11) is 0. The van der Waals surface area contributed by atoms with Gasteiger partial charge in [0.15, 0.2) is 11.5 Å². The minimum Gasteiger partial charge on any atom is -0.335 e. The molecule has 0 aliphatic heterocycles. The van der Waals surface area contributed by atoms with Crippen molar-refractivity contribution in [1.82, 2.24) is 19.9 Å². The van der Waals surface area contributed by atoms with Crippen molar-refractivity contribution >= 4 is 45.1 Å². The highest BCUT2D eigenvalue weighted by Gasteiger charge is 2.12. The summed E-state index contributed by atoms with van der Waals surface area (Å²) in [4.78, 5) is 16.3. The van der Waals surface area contributed by atoms with E-state index in [1.807, 2.05) is 30.3 Å². The number of benzene rings is 1. The molecule has 4 rings (SSSR count). The van der Waals surface area contributed by atoms with E-state index in [-0.39, 0.29) is 5.15 Å². The molecule has 4 aromatic rings. The maximum absolute atomic E-state index is 5.98. The highest BCUT2D eigenvalue weighted by atomic mass is 35.5. The zero-order valence-electron chi connectivity index (χ0n) is 10.6. The van der Waals surface area contributed by atoms with Gasteiger partial charge in [-0.15, -0.1) is 0 Å². The van der Waals surface area contributed by atoms with Crippen LogP contribution in [0.5, 0.6) is 0 Å². The van der Waals surface area contributed by atoms with Gasteiger partial charge in [-0.3, -0.25) is 4.98 Å². The quantitative estimate of drug-likeness (QED) is 0.527. The van der Waals surface area contributed by atoms with Crippen molar-refractivity contribution in [3.05, 3.63) is 52.8 Å². The van der Waals surface area contributed by atoms with Crippen LogP contribution in [0.4, 0.5) is 0 Å². The van der Waals surface area contributed by atoms with E-state index in [9.17, 15) is 0 Å². The Balaban J connectivity index is 2.00. The van der Waals surface area contributed by atoms with Gasteiger partial charge in [0.2, 0.25) is 0 Å². The molecule has 0 saturated carbocycles. The Morgan fingerprint density at radius 3 is 2.76 bits per heavy atom. The fraction of sp³-hybridized carbons (Fsp3) is 0. The average Bonchev–Trinajstić information content (AvgIpc) is 2.90. The predicted octanol–water partition coefficient (Wildman–Crippen LogP) is 4.48. The van der Waals surface area contributed by atoms with Gasteiger partial charge in [0.1, 0.15) is 10.8 Å². The van der Waals surface area contributed by atoms with Gasteiger partial charge in [-0.2, -0.15) is 0 Å². The fourth-order valence-electron chi connectivity index (χ4n) is 2.32. The topological polar surface area (TPSA) is 54.5 Å². The summed E-state index contributed by atoms with van der Waals surface area (Å²) < 4.78 is 0. The molecule has 6 heteroatoms.